The lowest BCUT2D eigenvalue weighted by molar-refractivity contribution is -0.129. The molecule has 1 amide bonds. The Balaban J connectivity index is 1.94. The van der Waals surface area contributed by atoms with E-state index in [0.717, 1.165) is 17.5 Å². The van der Waals surface area contributed by atoms with Crippen molar-refractivity contribution in [3.8, 4) is 0 Å². The molecule has 0 heterocycles. The van der Waals surface area contributed by atoms with Gasteiger partial charge in [0.05, 0.1) is 11.4 Å². The Morgan fingerprint density at radius 2 is 1.62 bits per heavy atom. The molecule has 0 spiro atoms. The van der Waals surface area contributed by atoms with Crippen molar-refractivity contribution in [2.75, 3.05) is 13.6 Å². The van der Waals surface area contributed by atoms with E-state index in [0.29, 0.717) is 6.54 Å². The van der Waals surface area contributed by atoms with Gasteiger partial charge < -0.3 is 4.90 Å². The van der Waals surface area contributed by atoms with Crippen LogP contribution in [0.5, 0.6) is 0 Å². The van der Waals surface area contributed by atoms with E-state index in [-0.39, 0.29) is 17.3 Å². The fraction of sp³-hybridized carbons (Fsp3) is 0.278. The van der Waals surface area contributed by atoms with Gasteiger partial charge in [0.2, 0.25) is 15.9 Å². The molecule has 0 aliphatic rings. The van der Waals surface area contributed by atoms with Crippen molar-refractivity contribution in [3.63, 3.8) is 0 Å². The predicted octanol–water partition coefficient (Wildman–Crippen LogP) is 2.19. The van der Waals surface area contributed by atoms with E-state index < -0.39 is 10.0 Å². The van der Waals surface area contributed by atoms with Gasteiger partial charge in [-0.3, -0.25) is 4.79 Å². The lowest BCUT2D eigenvalue weighted by atomic mass is 10.2. The lowest BCUT2D eigenvalue weighted by Gasteiger charge is -2.17. The van der Waals surface area contributed by atoms with Crippen molar-refractivity contribution in [1.82, 2.24) is 9.62 Å². The highest BCUT2D eigenvalue weighted by atomic mass is 32.2. The Kier molecular flexibility index (Phi) is 6.11. The van der Waals surface area contributed by atoms with E-state index in [1.165, 1.54) is 4.90 Å². The highest BCUT2D eigenvalue weighted by molar-refractivity contribution is 7.89. The number of nitrogens with one attached hydrogen (secondary N) is 1. The highest BCUT2D eigenvalue weighted by Crippen LogP contribution is 2.11. The fourth-order valence-corrected chi connectivity index (χ4v) is 3.20. The van der Waals surface area contributed by atoms with Gasteiger partial charge in [-0.25, -0.2) is 13.1 Å². The van der Waals surface area contributed by atoms with Gasteiger partial charge in [-0.1, -0.05) is 49.4 Å². The number of hydrogen-bond donors (Lipinski definition) is 1. The van der Waals surface area contributed by atoms with Gasteiger partial charge in [0.1, 0.15) is 0 Å². The Morgan fingerprint density at radius 1 is 1.00 bits per heavy atom. The van der Waals surface area contributed by atoms with E-state index >= 15 is 0 Å². The Morgan fingerprint density at radius 3 is 2.21 bits per heavy atom. The van der Waals surface area contributed by atoms with Crippen molar-refractivity contribution in [2.45, 2.75) is 24.8 Å². The number of sulfonamides is 1. The average Bonchev–Trinajstić information content (AvgIpc) is 2.60. The molecule has 5 nitrogen and oxygen atoms in total. The predicted molar refractivity (Wildman–Crippen MR) is 93.9 cm³/mol. The normalized spacial score (nSPS) is 11.2. The van der Waals surface area contributed by atoms with E-state index in [2.05, 4.69) is 4.72 Å². The number of benzene rings is 2. The third kappa shape index (κ3) is 4.91. The summed E-state index contributed by atoms with van der Waals surface area (Å²) >= 11 is 0. The van der Waals surface area contributed by atoms with Crippen molar-refractivity contribution in [1.29, 1.82) is 0 Å². The highest BCUT2D eigenvalue weighted by Gasteiger charge is 2.17. The summed E-state index contributed by atoms with van der Waals surface area (Å²) in [7, 11) is -2.03. The summed E-state index contributed by atoms with van der Waals surface area (Å²) in [5.41, 5.74) is 2.05. The van der Waals surface area contributed by atoms with E-state index in [4.69, 9.17) is 0 Å². The smallest absolute Gasteiger partial charge is 0.241 e. The molecule has 0 radical (unpaired) electrons. The van der Waals surface area contributed by atoms with Crippen molar-refractivity contribution < 1.29 is 13.2 Å². The molecule has 6 heteroatoms. The molecule has 0 atom stereocenters. The first-order valence-electron chi connectivity index (χ1n) is 7.79. The first-order chi connectivity index (χ1) is 11.4. The number of likely N-dealkylation sites (N-methyl/N-ethyl adjacent to an activating group) is 1. The first kappa shape index (κ1) is 18.2. The Bertz CT molecular complexity index is 772. The number of hydrogen-bond acceptors (Lipinski definition) is 3. The van der Waals surface area contributed by atoms with Crippen LogP contribution in [0.4, 0.5) is 0 Å². The van der Waals surface area contributed by atoms with Gasteiger partial charge in [0.25, 0.3) is 0 Å². The zero-order chi connectivity index (χ0) is 17.6. The van der Waals surface area contributed by atoms with Crippen LogP contribution in [0.1, 0.15) is 18.1 Å². The van der Waals surface area contributed by atoms with Gasteiger partial charge in [-0.15, -0.1) is 0 Å². The summed E-state index contributed by atoms with van der Waals surface area (Å²) in [6, 6.07) is 16.2. The standard InChI is InChI=1S/C18H22N2O3S/c1-3-15-9-11-17(12-10-15)24(22,23)19-13-18(21)20(2)14-16-7-5-4-6-8-16/h4-12,19H,3,13-14H2,1-2H3. The van der Waals surface area contributed by atoms with E-state index in [9.17, 15) is 13.2 Å². The van der Waals surface area contributed by atoms with Gasteiger partial charge >= 0.3 is 0 Å². The molecule has 128 valence electrons. The van der Waals surface area contributed by atoms with Crippen LogP contribution in [0, 0.1) is 0 Å². The number of amides is 1. The minimum atomic E-state index is -3.68. The van der Waals surface area contributed by atoms with Crippen molar-refractivity contribution in [3.05, 3.63) is 65.7 Å². The maximum Gasteiger partial charge on any atom is 0.241 e. The maximum atomic E-state index is 12.2. The summed E-state index contributed by atoms with van der Waals surface area (Å²) < 4.78 is 26.8. The summed E-state index contributed by atoms with van der Waals surface area (Å²) in [4.78, 5) is 13.8. The first-order valence-corrected chi connectivity index (χ1v) is 9.27. The molecule has 2 aromatic rings. The van der Waals surface area contributed by atoms with Gasteiger partial charge in [-0.2, -0.15) is 0 Å². The molecular weight excluding hydrogens is 324 g/mol. The largest absolute Gasteiger partial charge is 0.340 e. The van der Waals surface area contributed by atoms with E-state index in [1.54, 1.807) is 31.3 Å². The molecule has 1 N–H and O–H groups in total. The second-order valence-corrected chi connectivity index (χ2v) is 7.32. The summed E-state index contributed by atoms with van der Waals surface area (Å²) in [5.74, 6) is -0.285. The topological polar surface area (TPSA) is 66.5 Å². The van der Waals surface area contributed by atoms with Crippen LogP contribution >= 0.6 is 0 Å². The van der Waals surface area contributed by atoms with Crippen LogP contribution in [0.25, 0.3) is 0 Å². The molecule has 0 aliphatic heterocycles. The zero-order valence-corrected chi connectivity index (χ0v) is 14.7. The van der Waals surface area contributed by atoms with Crippen LogP contribution in [0.15, 0.2) is 59.5 Å². The van der Waals surface area contributed by atoms with Crippen molar-refractivity contribution >= 4 is 15.9 Å². The lowest BCUT2D eigenvalue weighted by Crippen LogP contribution is -2.37. The number of nitrogens with zero attached hydrogens (tertiary/aromatic N) is 1. The molecule has 2 rings (SSSR count). The molecule has 0 unspecified atom stereocenters. The quantitative estimate of drug-likeness (QED) is 0.836. The molecule has 0 saturated carbocycles. The van der Waals surface area contributed by atoms with Crippen LogP contribution in [0.2, 0.25) is 0 Å². The molecule has 0 saturated heterocycles. The van der Waals surface area contributed by atoms with E-state index in [1.807, 2.05) is 37.3 Å². The van der Waals surface area contributed by atoms with Gasteiger partial charge in [-0.05, 0) is 29.7 Å². The summed E-state index contributed by atoms with van der Waals surface area (Å²) in [6.45, 7) is 2.18. The molecule has 24 heavy (non-hydrogen) atoms. The molecule has 2 aromatic carbocycles. The monoisotopic (exact) mass is 346 g/mol. The Hall–Kier alpha value is -2.18. The molecule has 0 aliphatic carbocycles. The van der Waals surface area contributed by atoms with Crippen molar-refractivity contribution in [2.24, 2.45) is 0 Å². The van der Waals surface area contributed by atoms with Crippen LogP contribution in [-0.2, 0) is 27.8 Å². The minimum absolute atomic E-state index is 0.165. The number of rotatable bonds is 7. The SMILES string of the molecule is CCc1ccc(S(=O)(=O)NCC(=O)N(C)Cc2ccccc2)cc1. The summed E-state index contributed by atoms with van der Waals surface area (Å²) in [6.07, 6.45) is 0.844. The molecule has 0 aromatic heterocycles. The van der Waals surface area contributed by atoms with Crippen LogP contribution in [0.3, 0.4) is 0 Å². The minimum Gasteiger partial charge on any atom is -0.340 e. The molecule has 0 bridgehead atoms. The third-order valence-corrected chi connectivity index (χ3v) is 5.16. The molecular formula is C18H22N2O3S. The molecule has 0 fully saturated rings. The number of carbonyl (C=O) groups is 1. The number of aryl methyl sites for hydroxylation is 1. The third-order valence-electron chi connectivity index (χ3n) is 3.74. The Labute approximate surface area is 143 Å². The van der Waals surface area contributed by atoms with Crippen LogP contribution in [-0.4, -0.2) is 32.8 Å². The van der Waals surface area contributed by atoms with Crippen LogP contribution < -0.4 is 4.72 Å². The van der Waals surface area contributed by atoms with Gasteiger partial charge in [0, 0.05) is 13.6 Å². The average molecular weight is 346 g/mol. The summed E-state index contributed by atoms with van der Waals surface area (Å²) in [5, 5.41) is 0. The fourth-order valence-electron chi connectivity index (χ4n) is 2.22. The number of carbonyl (C=O) groups excluding carboxylic acids is 1. The second kappa shape index (κ2) is 8.08. The second-order valence-electron chi connectivity index (χ2n) is 5.56. The van der Waals surface area contributed by atoms with Gasteiger partial charge in [0.15, 0.2) is 0 Å². The maximum absolute atomic E-state index is 12.2. The zero-order valence-electron chi connectivity index (χ0n) is 13.9.